The van der Waals surface area contributed by atoms with Crippen LogP contribution in [0.15, 0.2) is 53.4 Å². The molecule has 1 aliphatic heterocycles. The average Bonchev–Trinajstić information content (AvgIpc) is 3.21. The van der Waals surface area contributed by atoms with E-state index in [-0.39, 0.29) is 23.3 Å². The van der Waals surface area contributed by atoms with Crippen molar-refractivity contribution in [3.63, 3.8) is 0 Å². The second-order valence-corrected chi connectivity index (χ2v) is 10.1. The third-order valence-corrected chi connectivity index (χ3v) is 8.06. The van der Waals surface area contributed by atoms with E-state index in [1.165, 1.54) is 16.4 Å². The van der Waals surface area contributed by atoms with Crippen molar-refractivity contribution in [2.45, 2.75) is 55.5 Å². The SMILES string of the molecule is O=C(C[C@@H]1c2ccccc2CCN1S(=O)(=O)c1ccc(Cl)cc1)NC1CCCC1. The van der Waals surface area contributed by atoms with Crippen LogP contribution in [0.4, 0.5) is 0 Å². The number of carbonyl (C=O) groups is 1. The van der Waals surface area contributed by atoms with Gasteiger partial charge in [-0.1, -0.05) is 48.7 Å². The molecule has 154 valence electrons. The summed E-state index contributed by atoms with van der Waals surface area (Å²) in [5.41, 5.74) is 2.02. The van der Waals surface area contributed by atoms with Crippen molar-refractivity contribution in [1.82, 2.24) is 9.62 Å². The molecule has 1 heterocycles. The summed E-state index contributed by atoms with van der Waals surface area (Å²) in [5.74, 6) is -0.0880. The van der Waals surface area contributed by atoms with Crippen molar-refractivity contribution in [2.24, 2.45) is 0 Å². The van der Waals surface area contributed by atoms with E-state index in [1.807, 2.05) is 24.3 Å². The van der Waals surface area contributed by atoms with Crippen molar-refractivity contribution in [3.8, 4) is 0 Å². The first-order chi connectivity index (χ1) is 13.9. The summed E-state index contributed by atoms with van der Waals surface area (Å²) in [6.07, 6.45) is 5.02. The number of rotatable bonds is 5. The Bertz CT molecular complexity index is 985. The molecule has 0 saturated heterocycles. The Morgan fingerprint density at radius 2 is 1.76 bits per heavy atom. The van der Waals surface area contributed by atoms with Crippen LogP contribution in [-0.4, -0.2) is 31.2 Å². The van der Waals surface area contributed by atoms with Crippen LogP contribution in [0.3, 0.4) is 0 Å². The van der Waals surface area contributed by atoms with Gasteiger partial charge in [-0.2, -0.15) is 4.31 Å². The van der Waals surface area contributed by atoms with Crippen molar-refractivity contribution >= 4 is 27.5 Å². The van der Waals surface area contributed by atoms with Gasteiger partial charge >= 0.3 is 0 Å². The topological polar surface area (TPSA) is 66.5 Å². The molecule has 0 radical (unpaired) electrons. The smallest absolute Gasteiger partial charge is 0.243 e. The predicted molar refractivity (Wildman–Crippen MR) is 113 cm³/mol. The molecule has 1 N–H and O–H groups in total. The second kappa shape index (κ2) is 8.46. The summed E-state index contributed by atoms with van der Waals surface area (Å²) in [5, 5.41) is 3.58. The molecule has 7 heteroatoms. The van der Waals surface area contributed by atoms with E-state index in [4.69, 9.17) is 11.6 Å². The van der Waals surface area contributed by atoms with Gasteiger partial charge in [-0.05, 0) is 54.7 Å². The molecule has 0 bridgehead atoms. The number of benzene rings is 2. The standard InChI is InChI=1S/C22H25ClN2O3S/c23-17-9-11-19(12-10-17)29(27,28)25-14-13-16-5-1-4-8-20(16)21(25)15-22(26)24-18-6-2-3-7-18/h1,4-5,8-12,18,21H,2-3,6-7,13-15H2,(H,24,26)/t21-/m1/s1. The second-order valence-electron chi connectivity index (χ2n) is 7.79. The number of amides is 1. The van der Waals surface area contributed by atoms with Gasteiger partial charge in [0.05, 0.1) is 10.9 Å². The Balaban J connectivity index is 1.64. The number of sulfonamides is 1. The lowest BCUT2D eigenvalue weighted by atomic mass is 9.92. The van der Waals surface area contributed by atoms with Crippen LogP contribution in [0.1, 0.15) is 49.3 Å². The molecule has 0 unspecified atom stereocenters. The van der Waals surface area contributed by atoms with Gasteiger partial charge in [-0.3, -0.25) is 4.79 Å². The Labute approximate surface area is 177 Å². The van der Waals surface area contributed by atoms with Crippen molar-refractivity contribution < 1.29 is 13.2 Å². The Hall–Kier alpha value is -1.89. The predicted octanol–water partition coefficient (Wildman–Crippen LogP) is 4.08. The first-order valence-electron chi connectivity index (χ1n) is 10.1. The van der Waals surface area contributed by atoms with E-state index in [2.05, 4.69) is 5.32 Å². The lowest BCUT2D eigenvalue weighted by Crippen LogP contribution is -2.43. The van der Waals surface area contributed by atoms with Crippen LogP contribution < -0.4 is 5.32 Å². The van der Waals surface area contributed by atoms with Crippen LogP contribution in [0.25, 0.3) is 0 Å². The molecule has 1 aliphatic carbocycles. The van der Waals surface area contributed by atoms with Gasteiger partial charge in [0, 0.05) is 24.0 Å². The van der Waals surface area contributed by atoms with Gasteiger partial charge in [0.2, 0.25) is 15.9 Å². The maximum Gasteiger partial charge on any atom is 0.243 e. The number of halogens is 1. The first kappa shape index (κ1) is 20.4. The lowest BCUT2D eigenvalue weighted by molar-refractivity contribution is -0.122. The highest BCUT2D eigenvalue weighted by atomic mass is 35.5. The number of nitrogens with zero attached hydrogens (tertiary/aromatic N) is 1. The van der Waals surface area contributed by atoms with Gasteiger partial charge in [0.1, 0.15) is 0 Å². The highest BCUT2D eigenvalue weighted by molar-refractivity contribution is 7.89. The molecule has 0 spiro atoms. The first-order valence-corrected chi connectivity index (χ1v) is 11.9. The van der Waals surface area contributed by atoms with Crippen molar-refractivity contribution in [2.75, 3.05) is 6.54 Å². The van der Waals surface area contributed by atoms with Gasteiger partial charge in [-0.25, -0.2) is 8.42 Å². The van der Waals surface area contributed by atoms with Gasteiger partial charge < -0.3 is 5.32 Å². The third-order valence-electron chi connectivity index (χ3n) is 5.88. The molecule has 1 atom stereocenters. The normalized spacial score (nSPS) is 20.4. The minimum absolute atomic E-state index is 0.0880. The quantitative estimate of drug-likeness (QED) is 0.774. The highest BCUT2D eigenvalue weighted by Crippen LogP contribution is 2.36. The van der Waals surface area contributed by atoms with Crippen LogP contribution >= 0.6 is 11.6 Å². The highest BCUT2D eigenvalue weighted by Gasteiger charge is 2.37. The molecule has 29 heavy (non-hydrogen) atoms. The molecule has 1 saturated carbocycles. The summed E-state index contributed by atoms with van der Waals surface area (Å²) < 4.78 is 28.3. The molecule has 2 aromatic carbocycles. The largest absolute Gasteiger partial charge is 0.353 e. The van der Waals surface area contributed by atoms with Crippen LogP contribution in [0, 0.1) is 0 Å². The zero-order valence-electron chi connectivity index (χ0n) is 16.2. The fourth-order valence-electron chi connectivity index (χ4n) is 4.40. The summed E-state index contributed by atoms with van der Waals surface area (Å²) in [6.45, 7) is 0.351. The molecule has 5 nitrogen and oxygen atoms in total. The molecule has 1 amide bonds. The van der Waals surface area contributed by atoms with Gasteiger partial charge in [-0.15, -0.1) is 0 Å². The van der Waals surface area contributed by atoms with Crippen LogP contribution in [0.5, 0.6) is 0 Å². The summed E-state index contributed by atoms with van der Waals surface area (Å²) >= 11 is 5.93. The van der Waals surface area contributed by atoms with Crippen molar-refractivity contribution in [1.29, 1.82) is 0 Å². The molecule has 4 rings (SSSR count). The number of fused-ring (bicyclic) bond motifs is 1. The zero-order chi connectivity index (χ0) is 20.4. The lowest BCUT2D eigenvalue weighted by Gasteiger charge is -2.36. The summed E-state index contributed by atoms with van der Waals surface area (Å²) in [7, 11) is -3.75. The molecule has 0 aromatic heterocycles. The average molecular weight is 433 g/mol. The van der Waals surface area contributed by atoms with E-state index in [1.54, 1.807) is 12.1 Å². The van der Waals surface area contributed by atoms with E-state index >= 15 is 0 Å². The molecule has 2 aromatic rings. The van der Waals surface area contributed by atoms with Crippen LogP contribution in [-0.2, 0) is 21.2 Å². The monoisotopic (exact) mass is 432 g/mol. The number of hydrogen-bond donors (Lipinski definition) is 1. The number of nitrogens with one attached hydrogen (secondary N) is 1. The van der Waals surface area contributed by atoms with E-state index in [0.29, 0.717) is 18.0 Å². The van der Waals surface area contributed by atoms with Gasteiger partial charge in [0.15, 0.2) is 0 Å². The van der Waals surface area contributed by atoms with Crippen molar-refractivity contribution in [3.05, 3.63) is 64.7 Å². The zero-order valence-corrected chi connectivity index (χ0v) is 17.8. The molecular formula is C22H25ClN2O3S. The Morgan fingerprint density at radius 3 is 2.48 bits per heavy atom. The maximum absolute atomic E-state index is 13.4. The van der Waals surface area contributed by atoms with Gasteiger partial charge in [0.25, 0.3) is 0 Å². The Kier molecular flexibility index (Phi) is 5.95. The van der Waals surface area contributed by atoms with E-state index in [0.717, 1.165) is 36.8 Å². The minimum atomic E-state index is -3.75. The third kappa shape index (κ3) is 4.34. The van der Waals surface area contributed by atoms with E-state index < -0.39 is 16.1 Å². The molecule has 2 aliphatic rings. The summed E-state index contributed by atoms with van der Waals surface area (Å²) in [6, 6.07) is 13.7. The summed E-state index contributed by atoms with van der Waals surface area (Å²) in [4.78, 5) is 13.0. The van der Waals surface area contributed by atoms with Crippen LogP contribution in [0.2, 0.25) is 5.02 Å². The number of hydrogen-bond acceptors (Lipinski definition) is 3. The minimum Gasteiger partial charge on any atom is -0.353 e. The molecular weight excluding hydrogens is 408 g/mol. The maximum atomic E-state index is 13.4. The fraction of sp³-hybridized carbons (Fsp3) is 0.409. The van der Waals surface area contributed by atoms with E-state index in [9.17, 15) is 13.2 Å². The number of carbonyl (C=O) groups excluding carboxylic acids is 1. The fourth-order valence-corrected chi connectivity index (χ4v) is 6.13. The Morgan fingerprint density at radius 1 is 1.07 bits per heavy atom. The molecule has 1 fully saturated rings.